The van der Waals surface area contributed by atoms with Gasteiger partial charge in [0.25, 0.3) is 5.56 Å². The van der Waals surface area contributed by atoms with Crippen LogP contribution in [0.2, 0.25) is 0 Å². The molecule has 31 heavy (non-hydrogen) atoms. The second kappa shape index (κ2) is 8.39. The molecule has 0 spiro atoms. The Bertz CT molecular complexity index is 1310. The van der Waals surface area contributed by atoms with E-state index in [-0.39, 0.29) is 18.0 Å². The Kier molecular flexibility index (Phi) is 5.48. The van der Waals surface area contributed by atoms with E-state index in [0.29, 0.717) is 23.6 Å². The van der Waals surface area contributed by atoms with Crippen LogP contribution in [0.15, 0.2) is 53.6 Å². The first-order valence-corrected chi connectivity index (χ1v) is 9.87. The number of benzene rings is 2. The number of hydrogen-bond acceptors (Lipinski definition) is 6. The van der Waals surface area contributed by atoms with Crippen molar-refractivity contribution in [1.82, 2.24) is 24.5 Å². The molecule has 4 aromatic rings. The number of fused-ring (bicyclic) bond motifs is 1. The van der Waals surface area contributed by atoms with E-state index < -0.39 is 5.56 Å². The zero-order chi connectivity index (χ0) is 22.0. The summed E-state index contributed by atoms with van der Waals surface area (Å²) >= 11 is 0. The fourth-order valence-electron chi connectivity index (χ4n) is 3.28. The van der Waals surface area contributed by atoms with E-state index in [2.05, 4.69) is 20.6 Å². The molecule has 1 N–H and O–H groups in total. The Morgan fingerprint density at radius 3 is 2.61 bits per heavy atom. The molecule has 1 amide bonds. The second-order valence-corrected chi connectivity index (χ2v) is 7.14. The lowest BCUT2D eigenvalue weighted by Gasteiger charge is -2.10. The summed E-state index contributed by atoms with van der Waals surface area (Å²) in [5, 5.41) is 10.9. The summed E-state index contributed by atoms with van der Waals surface area (Å²) in [5.41, 5.74) is 3.45. The van der Waals surface area contributed by atoms with Gasteiger partial charge in [0.2, 0.25) is 5.91 Å². The molecular weight excluding hydrogens is 396 g/mol. The van der Waals surface area contributed by atoms with Gasteiger partial charge in [0, 0.05) is 5.69 Å². The van der Waals surface area contributed by atoms with Gasteiger partial charge in [-0.2, -0.15) is 4.68 Å². The lowest BCUT2D eigenvalue weighted by atomic mass is 10.1. The van der Waals surface area contributed by atoms with Crippen molar-refractivity contribution in [2.75, 3.05) is 11.9 Å². The Balaban J connectivity index is 1.57. The van der Waals surface area contributed by atoms with Gasteiger partial charge in [0.05, 0.1) is 12.3 Å². The average molecular weight is 418 g/mol. The lowest BCUT2D eigenvalue weighted by molar-refractivity contribution is -0.116. The molecule has 0 unspecified atom stereocenters. The van der Waals surface area contributed by atoms with Crippen LogP contribution in [0, 0.1) is 13.8 Å². The largest absolute Gasteiger partial charge is 0.494 e. The molecule has 0 bridgehead atoms. The van der Waals surface area contributed by atoms with Crippen molar-refractivity contribution in [2.24, 2.45) is 0 Å². The Hall–Kier alpha value is -4.01. The minimum atomic E-state index is -0.432. The van der Waals surface area contributed by atoms with Gasteiger partial charge in [-0.15, -0.1) is 5.10 Å². The van der Waals surface area contributed by atoms with Gasteiger partial charge in [0.1, 0.15) is 18.6 Å². The molecule has 0 aliphatic heterocycles. The van der Waals surface area contributed by atoms with Gasteiger partial charge in [-0.05, 0) is 56.7 Å². The van der Waals surface area contributed by atoms with E-state index in [0.717, 1.165) is 16.9 Å². The minimum absolute atomic E-state index is 0.0932. The van der Waals surface area contributed by atoms with Gasteiger partial charge in [-0.3, -0.25) is 14.2 Å². The third kappa shape index (κ3) is 4.16. The van der Waals surface area contributed by atoms with E-state index in [1.165, 1.54) is 15.6 Å². The zero-order valence-electron chi connectivity index (χ0n) is 17.5. The van der Waals surface area contributed by atoms with E-state index in [1.54, 1.807) is 0 Å². The monoisotopic (exact) mass is 418 g/mol. The minimum Gasteiger partial charge on any atom is -0.494 e. The lowest BCUT2D eigenvalue weighted by Crippen LogP contribution is -2.28. The Morgan fingerprint density at radius 2 is 1.90 bits per heavy atom. The maximum atomic E-state index is 12.8. The van der Waals surface area contributed by atoms with E-state index in [4.69, 9.17) is 4.74 Å². The van der Waals surface area contributed by atoms with Gasteiger partial charge < -0.3 is 10.1 Å². The summed E-state index contributed by atoms with van der Waals surface area (Å²) in [7, 11) is 0. The summed E-state index contributed by atoms with van der Waals surface area (Å²) in [6, 6.07) is 13.0. The van der Waals surface area contributed by atoms with E-state index in [9.17, 15) is 9.59 Å². The predicted molar refractivity (Wildman–Crippen MR) is 117 cm³/mol. The smallest absolute Gasteiger partial charge is 0.284 e. The van der Waals surface area contributed by atoms with Crippen molar-refractivity contribution in [1.29, 1.82) is 0 Å². The first-order chi connectivity index (χ1) is 15.0. The van der Waals surface area contributed by atoms with Gasteiger partial charge in [-0.1, -0.05) is 22.9 Å². The summed E-state index contributed by atoms with van der Waals surface area (Å²) in [6.07, 6.45) is 1.33. The van der Waals surface area contributed by atoms with Crippen molar-refractivity contribution < 1.29 is 9.53 Å². The SMILES string of the molecule is CCOc1ccc(-n2nnc3c(=O)n(CC(=O)Nc4ccc(C)cc4C)cnc32)cc1. The number of amides is 1. The van der Waals surface area contributed by atoms with E-state index in [1.807, 2.05) is 63.2 Å². The van der Waals surface area contributed by atoms with Crippen molar-refractivity contribution in [3.8, 4) is 11.4 Å². The highest BCUT2D eigenvalue weighted by Gasteiger charge is 2.15. The number of anilines is 1. The summed E-state index contributed by atoms with van der Waals surface area (Å²) in [4.78, 5) is 29.6. The van der Waals surface area contributed by atoms with Crippen molar-refractivity contribution in [2.45, 2.75) is 27.3 Å². The fraction of sp³-hybridized carbons (Fsp3) is 0.227. The molecule has 0 aliphatic rings. The van der Waals surface area contributed by atoms with Gasteiger partial charge in [0.15, 0.2) is 11.2 Å². The van der Waals surface area contributed by atoms with Crippen LogP contribution in [0.4, 0.5) is 5.69 Å². The average Bonchev–Trinajstić information content (AvgIpc) is 3.18. The van der Waals surface area contributed by atoms with Crippen molar-refractivity contribution in [3.05, 3.63) is 70.3 Å². The van der Waals surface area contributed by atoms with Crippen molar-refractivity contribution in [3.63, 3.8) is 0 Å². The highest BCUT2D eigenvalue weighted by molar-refractivity contribution is 5.91. The standard InChI is InChI=1S/C22H22N6O3/c1-4-31-17-8-6-16(7-9-17)28-21-20(25-26-28)22(30)27(13-23-21)12-19(29)24-18-10-5-14(2)11-15(18)3/h5-11,13H,4,12H2,1-3H3,(H,24,29). The predicted octanol–water partition coefficient (Wildman–Crippen LogP) is 2.63. The number of carbonyl (C=O) groups excluding carboxylic acids is 1. The molecule has 0 saturated carbocycles. The number of aromatic nitrogens is 5. The molecule has 4 rings (SSSR count). The number of aryl methyl sites for hydroxylation is 2. The highest BCUT2D eigenvalue weighted by atomic mass is 16.5. The number of carbonyl (C=O) groups is 1. The van der Waals surface area contributed by atoms with Crippen LogP contribution >= 0.6 is 0 Å². The molecule has 2 aromatic carbocycles. The maximum Gasteiger partial charge on any atom is 0.284 e. The number of ether oxygens (including phenoxy) is 1. The van der Waals surface area contributed by atoms with Crippen LogP contribution in [0.25, 0.3) is 16.9 Å². The number of nitrogens with one attached hydrogen (secondary N) is 1. The topological polar surface area (TPSA) is 104 Å². The summed E-state index contributed by atoms with van der Waals surface area (Å²) in [5.74, 6) is 0.412. The molecule has 2 aromatic heterocycles. The molecule has 158 valence electrons. The van der Waals surface area contributed by atoms with E-state index >= 15 is 0 Å². The number of rotatable bonds is 6. The molecule has 0 aliphatic carbocycles. The van der Waals surface area contributed by atoms with Crippen LogP contribution in [-0.4, -0.2) is 37.1 Å². The quantitative estimate of drug-likeness (QED) is 0.516. The first-order valence-electron chi connectivity index (χ1n) is 9.87. The summed E-state index contributed by atoms with van der Waals surface area (Å²) in [6.45, 7) is 6.21. The Labute approximate surface area is 178 Å². The normalized spacial score (nSPS) is 10.9. The van der Waals surface area contributed by atoms with Gasteiger partial charge >= 0.3 is 0 Å². The van der Waals surface area contributed by atoms with Crippen LogP contribution in [-0.2, 0) is 11.3 Å². The third-order valence-electron chi connectivity index (χ3n) is 4.79. The molecule has 2 heterocycles. The van der Waals surface area contributed by atoms with Crippen molar-refractivity contribution >= 4 is 22.8 Å². The third-order valence-corrected chi connectivity index (χ3v) is 4.79. The summed E-state index contributed by atoms with van der Waals surface area (Å²) < 4.78 is 8.14. The van der Waals surface area contributed by atoms with Gasteiger partial charge in [-0.25, -0.2) is 4.98 Å². The fourth-order valence-corrected chi connectivity index (χ4v) is 3.28. The maximum absolute atomic E-state index is 12.8. The zero-order valence-corrected chi connectivity index (χ0v) is 17.5. The number of nitrogens with zero attached hydrogens (tertiary/aromatic N) is 5. The molecule has 9 nitrogen and oxygen atoms in total. The number of hydrogen-bond donors (Lipinski definition) is 1. The first kappa shape index (κ1) is 20.3. The van der Waals surface area contributed by atoms with Crippen LogP contribution in [0.3, 0.4) is 0 Å². The molecule has 0 radical (unpaired) electrons. The molecule has 0 fully saturated rings. The molecular formula is C22H22N6O3. The molecule has 0 saturated heterocycles. The van der Waals surface area contributed by atoms with Crippen LogP contribution < -0.4 is 15.6 Å². The van der Waals surface area contributed by atoms with Crippen LogP contribution in [0.5, 0.6) is 5.75 Å². The Morgan fingerprint density at radius 1 is 1.13 bits per heavy atom. The highest BCUT2D eigenvalue weighted by Crippen LogP contribution is 2.18. The van der Waals surface area contributed by atoms with Crippen LogP contribution in [0.1, 0.15) is 18.1 Å². The second-order valence-electron chi connectivity index (χ2n) is 7.14. The molecule has 9 heteroatoms. The molecule has 0 atom stereocenters.